The van der Waals surface area contributed by atoms with E-state index in [1.807, 2.05) is 0 Å². The molecule has 0 N–H and O–H groups in total. The van der Waals surface area contributed by atoms with Gasteiger partial charge in [0.25, 0.3) is 0 Å². The number of rotatable bonds is 0. The van der Waals surface area contributed by atoms with Crippen LogP contribution in [0.15, 0.2) is 0 Å². The van der Waals surface area contributed by atoms with Gasteiger partial charge < -0.3 is 0 Å². The summed E-state index contributed by atoms with van der Waals surface area (Å²) >= 11 is 2.62. The maximum atomic E-state index is 7.88. The molecule has 4 radical (unpaired) electrons. The van der Waals surface area contributed by atoms with E-state index in [0.717, 1.165) is 0 Å². The van der Waals surface area contributed by atoms with Crippen LogP contribution in [0.3, 0.4) is 0 Å². The van der Waals surface area contributed by atoms with Crippen LogP contribution in [0.2, 0.25) is 0 Å². The maximum absolute atomic E-state index is 7.88. The van der Waals surface area contributed by atoms with Crippen LogP contribution >= 0.6 is 0 Å². The van der Waals surface area contributed by atoms with E-state index in [2.05, 4.69) is 15.4 Å². The minimum atomic E-state index is 0. The van der Waals surface area contributed by atoms with Crippen LogP contribution in [0.5, 0.6) is 0 Å². The van der Waals surface area contributed by atoms with Gasteiger partial charge >= 0.3 is 19.3 Å². The molecule has 0 fully saturated rings. The van der Waals surface area contributed by atoms with Gasteiger partial charge in [-0.3, -0.25) is 0 Å². The molecule has 0 rings (SSSR count). The van der Waals surface area contributed by atoms with Crippen molar-refractivity contribution in [2.45, 2.75) is 0 Å². The second-order valence-electron chi connectivity index (χ2n) is 0. The molecule has 0 aromatic rings. The van der Waals surface area contributed by atoms with E-state index in [1.54, 1.807) is 0 Å². The first-order chi connectivity index (χ1) is 1.00. The zero-order valence-electron chi connectivity index (χ0n) is 2.30. The van der Waals surface area contributed by atoms with Crippen molar-refractivity contribution in [3.63, 3.8) is 0 Å². The Morgan fingerprint density at radius 1 is 1.25 bits per heavy atom. The Morgan fingerprint density at radius 3 is 1.25 bits per heavy atom. The van der Waals surface area contributed by atoms with Gasteiger partial charge in [0.2, 0.25) is 0 Å². The van der Waals surface area contributed by atoms with Crippen LogP contribution in [0, 0.1) is 0 Å². The number of hydrogen-bond acceptors (Lipinski definition) is 1. The third-order valence-electron chi connectivity index (χ3n) is 0. The third kappa shape index (κ3) is 9.92. The summed E-state index contributed by atoms with van der Waals surface area (Å²) in [5.41, 5.74) is 0. The molecular formula is AlLiNiO. The average molecular weight is 109 g/mol. The van der Waals surface area contributed by atoms with Gasteiger partial charge in [0.15, 0.2) is 0 Å². The second kappa shape index (κ2) is 25.6. The molecule has 0 spiro atoms. The van der Waals surface area contributed by atoms with Gasteiger partial charge in [-0.1, -0.05) is 0 Å². The molecule has 0 aromatic carbocycles. The predicted molar refractivity (Wildman–Crippen MR) is 12.2 cm³/mol. The Hall–Kier alpha value is 1.42. The fourth-order valence-corrected chi connectivity index (χ4v) is 0. The first-order valence-electron chi connectivity index (χ1n) is 0.129. The summed E-state index contributed by atoms with van der Waals surface area (Å²) < 4.78 is 7.88. The summed E-state index contributed by atoms with van der Waals surface area (Å²) in [7, 11) is 0. The molecule has 0 aliphatic carbocycles. The van der Waals surface area contributed by atoms with Crippen LogP contribution in [-0.2, 0) is 19.3 Å². The van der Waals surface area contributed by atoms with Gasteiger partial charge in [-0.05, 0) is 0 Å². The van der Waals surface area contributed by atoms with Crippen LogP contribution in [0.4, 0.5) is 0 Å². The van der Waals surface area contributed by atoms with Gasteiger partial charge in [-0.15, -0.1) is 0 Å². The van der Waals surface area contributed by atoms with Crippen molar-refractivity contribution in [3.8, 4) is 0 Å². The Morgan fingerprint density at radius 2 is 1.25 bits per heavy atom. The Balaban J connectivity index is -0.00000000500. The Labute approximate surface area is 55.4 Å². The molecule has 0 bridgehead atoms. The molecule has 1 nitrogen and oxygen atoms in total. The molecular weight excluding hydrogens is 109 g/mol. The average Bonchev–Trinajstić information content (AvgIpc) is 1.00. The van der Waals surface area contributed by atoms with E-state index in [1.165, 1.54) is 0 Å². The van der Waals surface area contributed by atoms with Gasteiger partial charge in [0, 0.05) is 36.2 Å². The SMILES string of the molecule is [Al].[Li].[O]=[Ni]. The van der Waals surface area contributed by atoms with Crippen molar-refractivity contribution in [2.24, 2.45) is 0 Å². The quantitative estimate of drug-likeness (QED) is 0.369. The van der Waals surface area contributed by atoms with E-state index in [9.17, 15) is 0 Å². The molecule has 0 aromatic heterocycles. The number of hydrogen-bond donors (Lipinski definition) is 0. The molecule has 0 amide bonds. The summed E-state index contributed by atoms with van der Waals surface area (Å²) in [6, 6.07) is 0. The Kier molecular flexibility index (Phi) is 116. The van der Waals surface area contributed by atoms with E-state index >= 15 is 0 Å². The van der Waals surface area contributed by atoms with Crippen molar-refractivity contribution < 1.29 is 19.3 Å². The van der Waals surface area contributed by atoms with E-state index in [0.29, 0.717) is 0 Å². The monoisotopic (exact) mass is 108 g/mol. The molecule has 0 unspecified atom stereocenters. The first kappa shape index (κ1) is 18.1. The van der Waals surface area contributed by atoms with E-state index in [4.69, 9.17) is 3.90 Å². The molecule has 20 valence electrons. The molecule has 0 saturated carbocycles. The fraction of sp³-hybridized carbons (Fsp3) is 0. The molecule has 0 heterocycles. The van der Waals surface area contributed by atoms with E-state index in [-0.39, 0.29) is 36.2 Å². The molecule has 0 atom stereocenters. The van der Waals surface area contributed by atoms with Gasteiger partial charge in [-0.25, -0.2) is 0 Å². The fourth-order valence-electron chi connectivity index (χ4n) is 0. The van der Waals surface area contributed by atoms with Gasteiger partial charge in [0.1, 0.15) is 0 Å². The molecule has 0 saturated heterocycles. The molecule has 0 aliphatic rings. The van der Waals surface area contributed by atoms with Crippen LogP contribution < -0.4 is 0 Å². The predicted octanol–water partition coefficient (Wildman–Crippen LogP) is -0.883. The summed E-state index contributed by atoms with van der Waals surface area (Å²) in [5, 5.41) is 0. The van der Waals surface area contributed by atoms with Crippen molar-refractivity contribution in [2.75, 3.05) is 0 Å². The second-order valence-corrected chi connectivity index (χ2v) is 0. The first-order valence-corrected chi connectivity index (χ1v) is 0.532. The van der Waals surface area contributed by atoms with E-state index < -0.39 is 0 Å². The van der Waals surface area contributed by atoms with Crippen molar-refractivity contribution in [1.82, 2.24) is 0 Å². The van der Waals surface area contributed by atoms with Crippen LogP contribution in [0.1, 0.15) is 0 Å². The van der Waals surface area contributed by atoms with Crippen LogP contribution in [-0.4, -0.2) is 36.2 Å². The summed E-state index contributed by atoms with van der Waals surface area (Å²) in [6.45, 7) is 0. The van der Waals surface area contributed by atoms with Crippen molar-refractivity contribution in [3.05, 3.63) is 0 Å². The molecule has 4 heavy (non-hydrogen) atoms. The molecule has 4 heteroatoms. The van der Waals surface area contributed by atoms with Crippen LogP contribution in [0.25, 0.3) is 0 Å². The van der Waals surface area contributed by atoms with Crippen molar-refractivity contribution in [1.29, 1.82) is 0 Å². The summed E-state index contributed by atoms with van der Waals surface area (Å²) in [6.07, 6.45) is 0. The van der Waals surface area contributed by atoms with Gasteiger partial charge in [-0.2, -0.15) is 0 Å². The minimum absolute atomic E-state index is 0. The third-order valence-corrected chi connectivity index (χ3v) is 0. The normalized spacial score (nSPS) is 1.50. The summed E-state index contributed by atoms with van der Waals surface area (Å²) in [5.74, 6) is 0. The van der Waals surface area contributed by atoms with Crippen molar-refractivity contribution >= 4 is 36.2 Å². The summed E-state index contributed by atoms with van der Waals surface area (Å²) in [4.78, 5) is 0. The zero-order valence-corrected chi connectivity index (χ0v) is 4.44. The molecule has 0 aliphatic heterocycles. The van der Waals surface area contributed by atoms with Gasteiger partial charge in [0.05, 0.1) is 0 Å². The topological polar surface area (TPSA) is 17.1 Å². The Bertz CT molecular complexity index is 8.00. The standard InChI is InChI=1S/Al.Li.Ni.O. The zero-order chi connectivity index (χ0) is 2.00.